The summed E-state index contributed by atoms with van der Waals surface area (Å²) in [4.78, 5) is 25.4. The standard InChI is InChI=1S/C19H17N7O3/c1-20-16-7-15(23-12-3-2-4-14-17(12)21-9-29-14)25-18-10(8-22-26(16)18)19(28)24-11-5-6-13(11)27/h2-4,7-9,13,20,27H,5-6H2,1H3,(H,23,25)/t13-/m0/s1. The quantitative estimate of drug-likeness (QED) is 0.483. The van der Waals surface area contributed by atoms with Gasteiger partial charge in [-0.15, -0.1) is 0 Å². The van der Waals surface area contributed by atoms with Gasteiger partial charge in [-0.05, 0) is 25.0 Å². The Hall–Kier alpha value is -3.79. The molecule has 0 unspecified atom stereocenters. The number of aromatic nitrogens is 4. The summed E-state index contributed by atoms with van der Waals surface area (Å²) in [5, 5.41) is 20.2. The molecule has 29 heavy (non-hydrogen) atoms. The van der Waals surface area contributed by atoms with Gasteiger partial charge in [-0.3, -0.25) is 4.79 Å². The molecule has 10 heteroatoms. The summed E-state index contributed by atoms with van der Waals surface area (Å²) in [6.45, 7) is 0. The van der Waals surface area contributed by atoms with Crippen molar-refractivity contribution in [1.82, 2.24) is 19.6 Å². The summed E-state index contributed by atoms with van der Waals surface area (Å²) in [6, 6.07) is 7.31. The van der Waals surface area contributed by atoms with Crippen molar-refractivity contribution in [3.63, 3.8) is 0 Å². The number of hydrogen-bond donors (Lipinski definition) is 3. The van der Waals surface area contributed by atoms with Crippen LogP contribution < -0.4 is 10.6 Å². The molecule has 1 fully saturated rings. The molecule has 3 aromatic heterocycles. The first kappa shape index (κ1) is 17.3. The zero-order chi connectivity index (χ0) is 20.0. The minimum absolute atomic E-state index is 0.261. The fourth-order valence-electron chi connectivity index (χ4n) is 3.20. The van der Waals surface area contributed by atoms with Crippen LogP contribution in [0, 0.1) is 0 Å². The fourth-order valence-corrected chi connectivity index (χ4v) is 3.20. The molecule has 146 valence electrons. The summed E-state index contributed by atoms with van der Waals surface area (Å²) in [6.07, 6.45) is 3.43. The molecule has 5 rings (SSSR count). The number of oxazole rings is 1. The number of anilines is 3. The number of hydrogen-bond acceptors (Lipinski definition) is 8. The predicted octanol–water partition coefficient (Wildman–Crippen LogP) is 2.39. The average Bonchev–Trinajstić information content (AvgIpc) is 3.37. The van der Waals surface area contributed by atoms with Crippen molar-refractivity contribution in [2.24, 2.45) is 4.99 Å². The first-order valence-corrected chi connectivity index (χ1v) is 9.09. The van der Waals surface area contributed by atoms with E-state index in [-0.39, 0.29) is 5.56 Å². The van der Waals surface area contributed by atoms with Crippen molar-refractivity contribution in [1.29, 1.82) is 0 Å². The van der Waals surface area contributed by atoms with Crippen LogP contribution in [-0.4, -0.2) is 49.5 Å². The monoisotopic (exact) mass is 391 g/mol. The summed E-state index contributed by atoms with van der Waals surface area (Å²) in [7, 11) is 1.75. The normalized spacial score (nSPS) is 17.6. The fraction of sp³-hybridized carbons (Fsp3) is 0.211. The number of aliphatic imine (C=N–C) groups is 1. The second-order valence-corrected chi connectivity index (χ2v) is 6.66. The zero-order valence-corrected chi connectivity index (χ0v) is 15.5. The molecule has 0 bridgehead atoms. The van der Waals surface area contributed by atoms with E-state index in [9.17, 15) is 9.90 Å². The van der Waals surface area contributed by atoms with Gasteiger partial charge in [-0.2, -0.15) is 9.61 Å². The summed E-state index contributed by atoms with van der Waals surface area (Å²) < 4.78 is 6.87. The van der Waals surface area contributed by atoms with Gasteiger partial charge in [0.05, 0.1) is 23.7 Å². The van der Waals surface area contributed by atoms with Crippen LogP contribution in [0.2, 0.25) is 0 Å². The third-order valence-electron chi connectivity index (χ3n) is 4.89. The number of aliphatic hydroxyl groups excluding tert-OH is 1. The van der Waals surface area contributed by atoms with Crippen molar-refractivity contribution in [2.45, 2.75) is 18.9 Å². The lowest BCUT2D eigenvalue weighted by Gasteiger charge is -2.22. The zero-order valence-electron chi connectivity index (χ0n) is 15.5. The highest BCUT2D eigenvalue weighted by atomic mass is 16.3. The molecule has 1 aliphatic rings. The summed E-state index contributed by atoms with van der Waals surface area (Å²) >= 11 is 0. The van der Waals surface area contributed by atoms with E-state index in [1.165, 1.54) is 17.1 Å². The molecule has 1 aliphatic carbocycles. The van der Waals surface area contributed by atoms with Crippen molar-refractivity contribution < 1.29 is 14.3 Å². The Balaban J connectivity index is 1.57. The summed E-state index contributed by atoms with van der Waals surface area (Å²) in [5.41, 5.74) is 3.16. The number of amides is 1. The van der Waals surface area contributed by atoms with Crippen molar-refractivity contribution in [3.8, 4) is 0 Å². The van der Waals surface area contributed by atoms with E-state index in [1.54, 1.807) is 13.1 Å². The van der Waals surface area contributed by atoms with E-state index >= 15 is 0 Å². The topological polar surface area (TPSA) is 130 Å². The van der Waals surface area contributed by atoms with Gasteiger partial charge in [-0.1, -0.05) is 6.07 Å². The molecule has 10 nitrogen and oxygen atoms in total. The Labute approximate surface area is 164 Å². The molecule has 0 spiro atoms. The minimum atomic E-state index is -0.637. The van der Waals surface area contributed by atoms with Gasteiger partial charge in [0.2, 0.25) is 0 Å². The molecular formula is C19H17N7O3. The number of rotatable bonds is 4. The Kier molecular flexibility index (Phi) is 3.98. The third kappa shape index (κ3) is 2.90. The van der Waals surface area contributed by atoms with Crippen LogP contribution in [0.25, 0.3) is 16.7 Å². The van der Waals surface area contributed by atoms with Gasteiger partial charge >= 0.3 is 0 Å². The lowest BCUT2D eigenvalue weighted by Crippen LogP contribution is -2.32. The first-order chi connectivity index (χ1) is 14.1. The number of aliphatic hydroxyl groups is 1. The Bertz CT molecular complexity index is 1270. The highest BCUT2D eigenvalue weighted by molar-refractivity contribution is 6.09. The molecule has 1 atom stereocenters. The van der Waals surface area contributed by atoms with Gasteiger partial charge in [0.15, 0.2) is 17.6 Å². The Morgan fingerprint density at radius 2 is 2.31 bits per heavy atom. The number of nitrogens with one attached hydrogen (secondary N) is 2. The molecule has 1 amide bonds. The lowest BCUT2D eigenvalue weighted by atomic mass is 9.93. The molecular weight excluding hydrogens is 374 g/mol. The van der Waals surface area contributed by atoms with Crippen LogP contribution in [-0.2, 0) is 0 Å². The van der Waals surface area contributed by atoms with Crippen LogP contribution in [0.4, 0.5) is 17.3 Å². The van der Waals surface area contributed by atoms with Gasteiger partial charge in [-0.25, -0.2) is 15.0 Å². The average molecular weight is 391 g/mol. The predicted molar refractivity (Wildman–Crippen MR) is 107 cm³/mol. The van der Waals surface area contributed by atoms with Crippen LogP contribution >= 0.6 is 0 Å². The maximum Gasteiger partial charge on any atom is 0.282 e. The van der Waals surface area contributed by atoms with Crippen LogP contribution in [0.15, 0.2) is 46.3 Å². The number of fused-ring (bicyclic) bond motifs is 2. The molecule has 1 aromatic carbocycles. The maximum atomic E-state index is 12.6. The molecule has 3 heterocycles. The number of benzene rings is 1. The maximum absolute atomic E-state index is 12.6. The molecule has 0 aliphatic heterocycles. The van der Waals surface area contributed by atoms with Crippen LogP contribution in [0.3, 0.4) is 0 Å². The Morgan fingerprint density at radius 1 is 1.41 bits per heavy atom. The second-order valence-electron chi connectivity index (χ2n) is 6.66. The van der Waals surface area contributed by atoms with Crippen molar-refractivity contribution in [2.75, 3.05) is 17.7 Å². The van der Waals surface area contributed by atoms with Crippen LogP contribution in [0.1, 0.15) is 23.2 Å². The largest absolute Gasteiger partial charge is 0.443 e. The number of carbonyl (C=O) groups is 1. The SMILES string of the molecule is CNc1cc(Nc2cccc3ocnc23)nc2c(C(=O)N=C3CC[C@@H]3O)cnn12. The van der Waals surface area contributed by atoms with Crippen molar-refractivity contribution in [3.05, 3.63) is 42.4 Å². The van der Waals surface area contributed by atoms with Gasteiger partial charge in [0.1, 0.15) is 22.7 Å². The highest BCUT2D eigenvalue weighted by Crippen LogP contribution is 2.27. The van der Waals surface area contributed by atoms with E-state index < -0.39 is 12.0 Å². The lowest BCUT2D eigenvalue weighted by molar-refractivity contribution is 0.0998. The van der Waals surface area contributed by atoms with Gasteiger partial charge in [0, 0.05) is 13.1 Å². The van der Waals surface area contributed by atoms with E-state index in [0.717, 1.165) is 5.69 Å². The van der Waals surface area contributed by atoms with E-state index in [0.29, 0.717) is 46.9 Å². The first-order valence-electron chi connectivity index (χ1n) is 9.09. The number of carbonyl (C=O) groups excluding carboxylic acids is 1. The van der Waals surface area contributed by atoms with Crippen molar-refractivity contribution >= 4 is 45.7 Å². The summed E-state index contributed by atoms with van der Waals surface area (Å²) in [5.74, 6) is 0.669. The minimum Gasteiger partial charge on any atom is -0.443 e. The molecule has 3 N–H and O–H groups in total. The van der Waals surface area contributed by atoms with E-state index in [1.807, 2.05) is 18.2 Å². The van der Waals surface area contributed by atoms with Crippen LogP contribution in [0.5, 0.6) is 0 Å². The highest BCUT2D eigenvalue weighted by Gasteiger charge is 2.25. The number of para-hydroxylation sites is 1. The smallest absolute Gasteiger partial charge is 0.282 e. The number of nitrogens with zero attached hydrogens (tertiary/aromatic N) is 5. The van der Waals surface area contributed by atoms with Gasteiger partial charge < -0.3 is 20.2 Å². The van der Waals surface area contributed by atoms with E-state index in [4.69, 9.17) is 4.42 Å². The molecule has 0 radical (unpaired) electrons. The second kappa shape index (κ2) is 6.67. The molecule has 0 saturated heterocycles. The Morgan fingerprint density at radius 3 is 3.07 bits per heavy atom. The third-order valence-corrected chi connectivity index (χ3v) is 4.89. The molecule has 1 saturated carbocycles. The van der Waals surface area contributed by atoms with E-state index in [2.05, 4.69) is 30.7 Å². The van der Waals surface area contributed by atoms with Gasteiger partial charge in [0.25, 0.3) is 5.91 Å². The molecule has 4 aromatic rings.